The molecular weight excluding hydrogens is 210 g/mol. The summed E-state index contributed by atoms with van der Waals surface area (Å²) < 4.78 is 1.35. The minimum atomic E-state index is -1.13. The molecule has 1 atom stereocenters. The summed E-state index contributed by atoms with van der Waals surface area (Å²) in [5.74, 6) is -1.12. The molecule has 0 spiro atoms. The first-order chi connectivity index (χ1) is 7.52. The van der Waals surface area contributed by atoms with E-state index in [1.165, 1.54) is 4.57 Å². The lowest BCUT2D eigenvalue weighted by Crippen LogP contribution is -2.22. The van der Waals surface area contributed by atoms with Crippen LogP contribution in [-0.4, -0.2) is 20.6 Å². The second-order valence-electron chi connectivity index (χ2n) is 3.55. The fourth-order valence-electron chi connectivity index (χ4n) is 1.72. The van der Waals surface area contributed by atoms with Gasteiger partial charge in [-0.25, -0.2) is 4.79 Å². The predicted octanol–water partition coefficient (Wildman–Crippen LogP) is -0.0490. The van der Waals surface area contributed by atoms with E-state index in [9.17, 15) is 9.59 Å². The van der Waals surface area contributed by atoms with Crippen LogP contribution < -0.4 is 11.4 Å². The summed E-state index contributed by atoms with van der Waals surface area (Å²) in [5, 5.41) is 8.87. The summed E-state index contributed by atoms with van der Waals surface area (Å²) in [5.41, 5.74) is 6.80. The maximum atomic E-state index is 11.4. The number of aryl methyl sites for hydroxylation is 1. The quantitative estimate of drug-likeness (QED) is 0.661. The van der Waals surface area contributed by atoms with Crippen molar-refractivity contribution in [1.29, 1.82) is 0 Å². The predicted molar refractivity (Wildman–Crippen MR) is 58.1 cm³/mol. The van der Waals surface area contributed by atoms with Crippen molar-refractivity contribution in [2.75, 3.05) is 0 Å². The number of fused-ring (bicyclic) bond motifs is 1. The molecule has 1 aromatic heterocycles. The molecule has 0 saturated carbocycles. The molecule has 0 fully saturated rings. The molecule has 6 heteroatoms. The Morgan fingerprint density at radius 2 is 2.25 bits per heavy atom. The van der Waals surface area contributed by atoms with Gasteiger partial charge in [0.2, 0.25) is 0 Å². The molecule has 0 aliphatic carbocycles. The topological polar surface area (TPSA) is 101 Å². The van der Waals surface area contributed by atoms with Crippen LogP contribution in [0.25, 0.3) is 11.0 Å². The van der Waals surface area contributed by atoms with Crippen molar-refractivity contribution < 1.29 is 9.90 Å². The summed E-state index contributed by atoms with van der Waals surface area (Å²) in [7, 11) is 1.57. The number of hydrogen-bond acceptors (Lipinski definition) is 3. The summed E-state index contributed by atoms with van der Waals surface area (Å²) in [4.78, 5) is 24.9. The normalized spacial score (nSPS) is 12.9. The molecule has 1 aromatic carbocycles. The third-order valence-corrected chi connectivity index (χ3v) is 2.55. The molecule has 0 bridgehead atoms. The molecule has 4 N–H and O–H groups in total. The fraction of sp³-hybridized carbons (Fsp3) is 0.200. The molecule has 2 aromatic rings. The number of hydrogen-bond donors (Lipinski definition) is 3. The van der Waals surface area contributed by atoms with E-state index in [2.05, 4.69) is 4.98 Å². The Morgan fingerprint density at radius 3 is 2.88 bits per heavy atom. The van der Waals surface area contributed by atoms with Crippen LogP contribution in [0, 0.1) is 0 Å². The highest BCUT2D eigenvalue weighted by Crippen LogP contribution is 2.20. The lowest BCUT2D eigenvalue weighted by Gasteiger charge is -2.08. The Hall–Kier alpha value is -2.08. The third-order valence-electron chi connectivity index (χ3n) is 2.55. The number of nitrogens with zero attached hydrogens (tertiary/aromatic N) is 1. The molecule has 0 saturated heterocycles. The first kappa shape index (κ1) is 10.4. The van der Waals surface area contributed by atoms with Crippen LogP contribution in [0.15, 0.2) is 23.0 Å². The number of H-pyrrole nitrogens is 1. The van der Waals surface area contributed by atoms with Gasteiger partial charge in [-0.3, -0.25) is 9.36 Å². The zero-order valence-corrected chi connectivity index (χ0v) is 8.60. The number of para-hydroxylation sites is 1. The minimum absolute atomic E-state index is 0.292. The number of aromatic amines is 1. The van der Waals surface area contributed by atoms with Crippen molar-refractivity contribution in [3.05, 3.63) is 34.2 Å². The smallest absolute Gasteiger partial charge is 0.326 e. The molecule has 0 radical (unpaired) electrons. The number of rotatable bonds is 2. The van der Waals surface area contributed by atoms with Gasteiger partial charge < -0.3 is 15.8 Å². The maximum Gasteiger partial charge on any atom is 0.326 e. The van der Waals surface area contributed by atoms with Crippen LogP contribution >= 0.6 is 0 Å². The van der Waals surface area contributed by atoms with Gasteiger partial charge in [-0.15, -0.1) is 0 Å². The fourth-order valence-corrected chi connectivity index (χ4v) is 1.72. The van der Waals surface area contributed by atoms with Crippen LogP contribution in [0.3, 0.4) is 0 Å². The number of benzene rings is 1. The molecule has 0 aliphatic rings. The number of carbonyl (C=O) groups is 1. The highest BCUT2D eigenvalue weighted by atomic mass is 16.4. The van der Waals surface area contributed by atoms with E-state index in [4.69, 9.17) is 10.8 Å². The van der Waals surface area contributed by atoms with Gasteiger partial charge in [0.05, 0.1) is 11.0 Å². The van der Waals surface area contributed by atoms with E-state index in [-0.39, 0.29) is 5.69 Å². The summed E-state index contributed by atoms with van der Waals surface area (Å²) >= 11 is 0. The van der Waals surface area contributed by atoms with Gasteiger partial charge in [0.1, 0.15) is 6.04 Å². The highest BCUT2D eigenvalue weighted by Gasteiger charge is 2.19. The zero-order chi connectivity index (χ0) is 11.9. The molecule has 1 unspecified atom stereocenters. The van der Waals surface area contributed by atoms with E-state index >= 15 is 0 Å². The van der Waals surface area contributed by atoms with E-state index in [1.807, 2.05) is 0 Å². The SMILES string of the molecule is Cn1c(=O)[nH]c2cccc(C(N)C(=O)O)c21. The van der Waals surface area contributed by atoms with Gasteiger partial charge in [0, 0.05) is 12.6 Å². The second-order valence-corrected chi connectivity index (χ2v) is 3.55. The Labute approximate surface area is 90.3 Å². The molecule has 1 heterocycles. The molecule has 2 rings (SSSR count). The first-order valence-corrected chi connectivity index (χ1v) is 4.68. The van der Waals surface area contributed by atoms with Crippen molar-refractivity contribution in [2.45, 2.75) is 6.04 Å². The Kier molecular flexibility index (Phi) is 2.28. The monoisotopic (exact) mass is 221 g/mol. The van der Waals surface area contributed by atoms with E-state index in [0.717, 1.165) is 0 Å². The van der Waals surface area contributed by atoms with Gasteiger partial charge in [-0.2, -0.15) is 0 Å². The number of nitrogens with two attached hydrogens (primary N) is 1. The molecule has 0 aliphatic heterocycles. The van der Waals surface area contributed by atoms with Gasteiger partial charge in [-0.05, 0) is 6.07 Å². The van der Waals surface area contributed by atoms with E-state index in [0.29, 0.717) is 16.6 Å². The van der Waals surface area contributed by atoms with Crippen LogP contribution in [0.1, 0.15) is 11.6 Å². The van der Waals surface area contributed by atoms with Crippen LogP contribution in [-0.2, 0) is 11.8 Å². The maximum absolute atomic E-state index is 11.4. The number of carboxylic acid groups (broad SMARTS) is 1. The summed E-state index contributed by atoms with van der Waals surface area (Å²) in [6.45, 7) is 0. The van der Waals surface area contributed by atoms with Crippen molar-refractivity contribution in [3.63, 3.8) is 0 Å². The largest absolute Gasteiger partial charge is 0.480 e. The molecule has 0 amide bonds. The number of nitrogens with one attached hydrogen (secondary N) is 1. The molecule has 84 valence electrons. The van der Waals surface area contributed by atoms with E-state index < -0.39 is 12.0 Å². The molecule has 6 nitrogen and oxygen atoms in total. The third kappa shape index (κ3) is 1.40. The van der Waals surface area contributed by atoms with Crippen LogP contribution in [0.5, 0.6) is 0 Å². The number of imidazole rings is 1. The highest BCUT2D eigenvalue weighted by molar-refractivity contribution is 5.86. The van der Waals surface area contributed by atoms with Gasteiger partial charge in [-0.1, -0.05) is 12.1 Å². The van der Waals surface area contributed by atoms with Crippen molar-refractivity contribution in [2.24, 2.45) is 12.8 Å². The Bertz CT molecular complexity index is 611. The van der Waals surface area contributed by atoms with Gasteiger partial charge in [0.15, 0.2) is 0 Å². The molecule has 16 heavy (non-hydrogen) atoms. The van der Waals surface area contributed by atoms with Gasteiger partial charge >= 0.3 is 11.7 Å². The molecular formula is C10H11N3O3. The van der Waals surface area contributed by atoms with Crippen molar-refractivity contribution >= 4 is 17.0 Å². The number of carboxylic acids is 1. The Morgan fingerprint density at radius 1 is 1.56 bits per heavy atom. The average Bonchev–Trinajstić information content (AvgIpc) is 2.54. The van der Waals surface area contributed by atoms with E-state index in [1.54, 1.807) is 25.2 Å². The second kappa shape index (κ2) is 3.49. The van der Waals surface area contributed by atoms with Crippen molar-refractivity contribution in [3.8, 4) is 0 Å². The minimum Gasteiger partial charge on any atom is -0.480 e. The van der Waals surface area contributed by atoms with Crippen LogP contribution in [0.2, 0.25) is 0 Å². The number of aliphatic carboxylic acids is 1. The zero-order valence-electron chi connectivity index (χ0n) is 8.60. The Balaban J connectivity index is 2.79. The lowest BCUT2D eigenvalue weighted by molar-refractivity contribution is -0.138. The van der Waals surface area contributed by atoms with Crippen molar-refractivity contribution in [1.82, 2.24) is 9.55 Å². The average molecular weight is 221 g/mol. The van der Waals surface area contributed by atoms with Gasteiger partial charge in [0.25, 0.3) is 0 Å². The lowest BCUT2D eigenvalue weighted by atomic mass is 10.1. The standard InChI is InChI=1S/C10H11N3O3/c1-13-8-5(7(11)9(14)15)3-2-4-6(8)12-10(13)16/h2-4,7H,11H2,1H3,(H,12,16)(H,14,15). The summed E-state index contributed by atoms with van der Waals surface area (Å²) in [6.07, 6.45) is 0. The first-order valence-electron chi connectivity index (χ1n) is 4.68. The summed E-state index contributed by atoms with van der Waals surface area (Å²) in [6, 6.07) is 3.84. The number of aromatic nitrogens is 2. The van der Waals surface area contributed by atoms with Crippen LogP contribution in [0.4, 0.5) is 0 Å².